The van der Waals surface area contributed by atoms with E-state index in [1.807, 2.05) is 0 Å². The zero-order valence-corrected chi connectivity index (χ0v) is 13.4. The molecule has 17 heavy (non-hydrogen) atoms. The Morgan fingerprint density at radius 1 is 1.18 bits per heavy atom. The van der Waals surface area contributed by atoms with Gasteiger partial charge in [0.1, 0.15) is 0 Å². The SMILES string of the molecule is Cl.N[C@@H](c1ccc(Br)c(Br)c1)C1CCNCC1. The summed E-state index contributed by atoms with van der Waals surface area (Å²) in [5.74, 6) is 0.606. The van der Waals surface area contributed by atoms with Crippen LogP contribution in [0.25, 0.3) is 0 Å². The number of benzene rings is 1. The Balaban J connectivity index is 0.00000144. The first-order chi connectivity index (χ1) is 7.68. The van der Waals surface area contributed by atoms with Gasteiger partial charge in [0.05, 0.1) is 0 Å². The monoisotopic (exact) mass is 382 g/mol. The minimum atomic E-state index is 0. The average Bonchev–Trinajstić information content (AvgIpc) is 2.33. The zero-order valence-electron chi connectivity index (χ0n) is 9.46. The summed E-state index contributed by atoms with van der Waals surface area (Å²) in [6, 6.07) is 6.45. The molecule has 0 spiro atoms. The van der Waals surface area contributed by atoms with Gasteiger partial charge in [-0.05, 0) is 81.4 Å². The molecule has 3 N–H and O–H groups in total. The predicted molar refractivity (Wildman–Crippen MR) is 81.6 cm³/mol. The summed E-state index contributed by atoms with van der Waals surface area (Å²) < 4.78 is 2.16. The molecule has 1 aliphatic heterocycles. The minimum absolute atomic E-state index is 0. The van der Waals surface area contributed by atoms with Gasteiger partial charge in [0.25, 0.3) is 0 Å². The molecular weight excluding hydrogens is 367 g/mol. The normalized spacial score (nSPS) is 18.5. The van der Waals surface area contributed by atoms with Crippen LogP contribution in [0, 0.1) is 5.92 Å². The smallest absolute Gasteiger partial charge is 0.0324 e. The molecule has 1 atom stereocenters. The standard InChI is InChI=1S/C12H16Br2N2.ClH/c13-10-2-1-9(7-11(10)14)12(15)8-3-5-16-6-4-8;/h1-2,7-8,12,16H,3-6,15H2;1H/t12-;/m1./s1. The summed E-state index contributed by atoms with van der Waals surface area (Å²) in [5.41, 5.74) is 7.55. The molecule has 5 heteroatoms. The van der Waals surface area contributed by atoms with E-state index >= 15 is 0 Å². The maximum atomic E-state index is 6.32. The van der Waals surface area contributed by atoms with E-state index in [9.17, 15) is 0 Å². The van der Waals surface area contributed by atoms with E-state index in [0.717, 1.165) is 22.0 Å². The highest BCUT2D eigenvalue weighted by molar-refractivity contribution is 9.13. The Hall–Kier alpha value is 0.390. The Labute approximate surface area is 125 Å². The summed E-state index contributed by atoms with van der Waals surface area (Å²) in [5, 5.41) is 3.37. The van der Waals surface area contributed by atoms with Crippen LogP contribution in [-0.2, 0) is 0 Å². The molecule has 1 aliphatic rings. The van der Waals surface area contributed by atoms with Crippen LogP contribution in [0.3, 0.4) is 0 Å². The number of nitrogens with two attached hydrogens (primary N) is 1. The molecule has 1 heterocycles. The Kier molecular flexibility index (Phi) is 6.45. The Morgan fingerprint density at radius 3 is 2.41 bits per heavy atom. The van der Waals surface area contributed by atoms with Crippen molar-refractivity contribution in [3.63, 3.8) is 0 Å². The number of nitrogens with one attached hydrogen (secondary N) is 1. The molecule has 0 saturated carbocycles. The second-order valence-corrected chi connectivity index (χ2v) is 6.00. The molecule has 96 valence electrons. The number of hydrogen-bond donors (Lipinski definition) is 2. The summed E-state index contributed by atoms with van der Waals surface area (Å²) in [7, 11) is 0. The third-order valence-corrected chi connectivity index (χ3v) is 5.10. The van der Waals surface area contributed by atoms with Crippen molar-refractivity contribution in [2.75, 3.05) is 13.1 Å². The van der Waals surface area contributed by atoms with Crippen LogP contribution in [0.2, 0.25) is 0 Å². The van der Waals surface area contributed by atoms with Gasteiger partial charge in [-0.1, -0.05) is 6.07 Å². The molecule has 0 unspecified atom stereocenters. The first-order valence-corrected chi connectivity index (χ1v) is 7.18. The quantitative estimate of drug-likeness (QED) is 0.817. The van der Waals surface area contributed by atoms with Crippen molar-refractivity contribution < 1.29 is 0 Å². The van der Waals surface area contributed by atoms with Crippen molar-refractivity contribution in [3.8, 4) is 0 Å². The fraction of sp³-hybridized carbons (Fsp3) is 0.500. The molecule has 0 aromatic heterocycles. The van der Waals surface area contributed by atoms with Crippen molar-refractivity contribution in [3.05, 3.63) is 32.7 Å². The first-order valence-electron chi connectivity index (χ1n) is 5.59. The second kappa shape index (κ2) is 7.10. The largest absolute Gasteiger partial charge is 0.324 e. The molecule has 0 bridgehead atoms. The highest BCUT2D eigenvalue weighted by Crippen LogP contribution is 2.31. The van der Waals surface area contributed by atoms with Crippen molar-refractivity contribution >= 4 is 44.3 Å². The zero-order chi connectivity index (χ0) is 11.5. The summed E-state index contributed by atoms with van der Waals surface area (Å²) >= 11 is 7.00. The van der Waals surface area contributed by atoms with E-state index in [1.165, 1.54) is 18.4 Å². The van der Waals surface area contributed by atoms with Crippen molar-refractivity contribution in [2.24, 2.45) is 11.7 Å². The predicted octanol–water partition coefficient (Wildman–Crippen LogP) is 3.63. The lowest BCUT2D eigenvalue weighted by Crippen LogP contribution is -2.33. The van der Waals surface area contributed by atoms with Crippen LogP contribution < -0.4 is 11.1 Å². The van der Waals surface area contributed by atoms with Crippen LogP contribution in [0.4, 0.5) is 0 Å². The average molecular weight is 385 g/mol. The molecule has 1 saturated heterocycles. The van der Waals surface area contributed by atoms with E-state index in [0.29, 0.717) is 5.92 Å². The highest BCUT2D eigenvalue weighted by atomic mass is 79.9. The van der Waals surface area contributed by atoms with Crippen LogP contribution in [0.1, 0.15) is 24.4 Å². The lowest BCUT2D eigenvalue weighted by atomic mass is 9.87. The van der Waals surface area contributed by atoms with E-state index < -0.39 is 0 Å². The minimum Gasteiger partial charge on any atom is -0.324 e. The van der Waals surface area contributed by atoms with Crippen LogP contribution in [0.5, 0.6) is 0 Å². The van der Waals surface area contributed by atoms with Crippen LogP contribution in [-0.4, -0.2) is 13.1 Å². The van der Waals surface area contributed by atoms with E-state index in [1.54, 1.807) is 0 Å². The second-order valence-electron chi connectivity index (χ2n) is 4.29. The fourth-order valence-electron chi connectivity index (χ4n) is 2.20. The highest BCUT2D eigenvalue weighted by Gasteiger charge is 2.21. The van der Waals surface area contributed by atoms with Gasteiger partial charge in [-0.25, -0.2) is 0 Å². The molecule has 2 rings (SSSR count). The van der Waals surface area contributed by atoms with E-state index in [-0.39, 0.29) is 18.4 Å². The molecule has 0 radical (unpaired) electrons. The van der Waals surface area contributed by atoms with Crippen molar-refractivity contribution in [1.82, 2.24) is 5.32 Å². The van der Waals surface area contributed by atoms with Gasteiger partial charge in [0.15, 0.2) is 0 Å². The molecule has 1 fully saturated rings. The lowest BCUT2D eigenvalue weighted by Gasteiger charge is -2.28. The lowest BCUT2D eigenvalue weighted by molar-refractivity contribution is 0.322. The van der Waals surface area contributed by atoms with Gasteiger partial charge in [-0.2, -0.15) is 0 Å². The number of halogens is 3. The molecule has 0 aliphatic carbocycles. The Bertz CT molecular complexity index is 368. The third kappa shape index (κ3) is 3.93. The van der Waals surface area contributed by atoms with Gasteiger partial charge in [0, 0.05) is 15.0 Å². The Morgan fingerprint density at radius 2 is 1.82 bits per heavy atom. The van der Waals surface area contributed by atoms with Gasteiger partial charge in [0.2, 0.25) is 0 Å². The van der Waals surface area contributed by atoms with Crippen molar-refractivity contribution in [2.45, 2.75) is 18.9 Å². The summed E-state index contributed by atoms with van der Waals surface area (Å²) in [4.78, 5) is 0. The fourth-order valence-corrected chi connectivity index (χ4v) is 2.84. The summed E-state index contributed by atoms with van der Waals surface area (Å²) in [6.07, 6.45) is 2.35. The maximum Gasteiger partial charge on any atom is 0.0324 e. The van der Waals surface area contributed by atoms with E-state index in [4.69, 9.17) is 5.73 Å². The maximum absolute atomic E-state index is 6.32. The first kappa shape index (κ1) is 15.4. The third-order valence-electron chi connectivity index (χ3n) is 3.22. The summed E-state index contributed by atoms with van der Waals surface area (Å²) in [6.45, 7) is 2.19. The number of piperidine rings is 1. The van der Waals surface area contributed by atoms with Gasteiger partial charge in [-0.3, -0.25) is 0 Å². The van der Waals surface area contributed by atoms with Crippen molar-refractivity contribution in [1.29, 1.82) is 0 Å². The van der Waals surface area contributed by atoms with Crippen LogP contribution in [0.15, 0.2) is 27.1 Å². The van der Waals surface area contributed by atoms with Gasteiger partial charge < -0.3 is 11.1 Å². The van der Waals surface area contributed by atoms with Gasteiger partial charge >= 0.3 is 0 Å². The van der Waals surface area contributed by atoms with E-state index in [2.05, 4.69) is 55.4 Å². The molecular formula is C12H17Br2ClN2. The molecule has 1 aromatic carbocycles. The van der Waals surface area contributed by atoms with Crippen LogP contribution >= 0.6 is 44.3 Å². The molecule has 0 amide bonds. The van der Waals surface area contributed by atoms with Gasteiger partial charge in [-0.15, -0.1) is 12.4 Å². The molecule has 1 aromatic rings. The number of hydrogen-bond acceptors (Lipinski definition) is 2. The topological polar surface area (TPSA) is 38.0 Å². The molecule has 2 nitrogen and oxygen atoms in total. The number of rotatable bonds is 2.